The number of aromatic nitrogens is 2. The highest BCUT2D eigenvalue weighted by molar-refractivity contribution is 5.35. The molecule has 0 saturated carbocycles. The molecular weight excluding hydrogens is 262 g/mol. The molecule has 1 aromatic rings. The summed E-state index contributed by atoms with van der Waals surface area (Å²) in [4.78, 5) is 14.2. The van der Waals surface area contributed by atoms with Crippen LogP contribution in [0, 0.1) is 6.92 Å². The van der Waals surface area contributed by atoms with Gasteiger partial charge in [-0.2, -0.15) is 0 Å². The zero-order valence-electron chi connectivity index (χ0n) is 14.1. The van der Waals surface area contributed by atoms with Crippen molar-refractivity contribution in [2.24, 2.45) is 0 Å². The molecule has 0 aromatic carbocycles. The van der Waals surface area contributed by atoms with Gasteiger partial charge in [-0.25, -0.2) is 9.97 Å². The number of likely N-dealkylation sites (N-methyl/N-ethyl adjacent to an activating group) is 1. The van der Waals surface area contributed by atoms with Crippen LogP contribution in [0.1, 0.15) is 38.7 Å². The fraction of sp³-hybridized carbons (Fsp3) is 0.750. The Balaban J connectivity index is 2.03. The average molecular weight is 291 g/mol. The summed E-state index contributed by atoms with van der Waals surface area (Å²) >= 11 is 0. The first-order valence-electron chi connectivity index (χ1n) is 8.02. The standard InChI is InChI=1S/C16H29N5/c1-6-7-17-15-8-12(2)18-16(19-15)11-21-9-13(3)20(5)14(4)10-21/h8,13-14H,6-7,9-11H2,1-5H3,(H,17,18,19). The molecule has 1 fully saturated rings. The second-order valence-corrected chi connectivity index (χ2v) is 6.30. The van der Waals surface area contributed by atoms with E-state index in [9.17, 15) is 0 Å². The molecular formula is C16H29N5. The van der Waals surface area contributed by atoms with Gasteiger partial charge in [-0.1, -0.05) is 6.92 Å². The lowest BCUT2D eigenvalue weighted by molar-refractivity contribution is 0.0541. The Labute approximate surface area is 128 Å². The van der Waals surface area contributed by atoms with Crippen LogP contribution in [0.15, 0.2) is 6.07 Å². The van der Waals surface area contributed by atoms with Gasteiger partial charge < -0.3 is 5.32 Å². The molecule has 0 amide bonds. The molecule has 5 heteroatoms. The van der Waals surface area contributed by atoms with E-state index in [-0.39, 0.29) is 0 Å². The minimum absolute atomic E-state index is 0.580. The minimum Gasteiger partial charge on any atom is -0.370 e. The van der Waals surface area contributed by atoms with Crippen molar-refractivity contribution in [2.75, 3.05) is 32.0 Å². The van der Waals surface area contributed by atoms with Crippen LogP contribution in [0.5, 0.6) is 0 Å². The van der Waals surface area contributed by atoms with Crippen molar-refractivity contribution >= 4 is 5.82 Å². The summed E-state index contributed by atoms with van der Waals surface area (Å²) in [7, 11) is 2.21. The normalized spacial score (nSPS) is 24.2. The van der Waals surface area contributed by atoms with Crippen molar-refractivity contribution < 1.29 is 0 Å². The molecule has 5 nitrogen and oxygen atoms in total. The SMILES string of the molecule is CCCNc1cc(C)nc(CN2CC(C)N(C)C(C)C2)n1. The third-order valence-corrected chi connectivity index (χ3v) is 4.26. The zero-order valence-corrected chi connectivity index (χ0v) is 14.1. The maximum Gasteiger partial charge on any atom is 0.144 e. The van der Waals surface area contributed by atoms with Gasteiger partial charge in [-0.3, -0.25) is 9.80 Å². The summed E-state index contributed by atoms with van der Waals surface area (Å²) in [5, 5.41) is 3.36. The van der Waals surface area contributed by atoms with Gasteiger partial charge in [0.2, 0.25) is 0 Å². The second kappa shape index (κ2) is 7.18. The van der Waals surface area contributed by atoms with E-state index in [4.69, 9.17) is 0 Å². The monoisotopic (exact) mass is 291 g/mol. The van der Waals surface area contributed by atoms with Gasteiger partial charge >= 0.3 is 0 Å². The van der Waals surface area contributed by atoms with Crippen LogP contribution in [0.3, 0.4) is 0 Å². The molecule has 2 heterocycles. The molecule has 0 bridgehead atoms. The Bertz CT molecular complexity index is 450. The fourth-order valence-corrected chi connectivity index (χ4v) is 2.89. The first kappa shape index (κ1) is 16.2. The van der Waals surface area contributed by atoms with Crippen LogP contribution < -0.4 is 5.32 Å². The van der Waals surface area contributed by atoms with Crippen molar-refractivity contribution in [1.82, 2.24) is 19.8 Å². The number of rotatable bonds is 5. The van der Waals surface area contributed by atoms with E-state index in [1.54, 1.807) is 0 Å². The average Bonchev–Trinajstić information content (AvgIpc) is 2.42. The molecule has 1 aliphatic rings. The van der Waals surface area contributed by atoms with Crippen molar-refractivity contribution in [3.05, 3.63) is 17.6 Å². The Kier molecular flexibility index (Phi) is 5.53. The van der Waals surface area contributed by atoms with E-state index >= 15 is 0 Å². The number of anilines is 1. The van der Waals surface area contributed by atoms with Crippen molar-refractivity contribution in [3.8, 4) is 0 Å². The Morgan fingerprint density at radius 2 is 1.90 bits per heavy atom. The highest BCUT2D eigenvalue weighted by atomic mass is 15.3. The molecule has 0 spiro atoms. The number of nitrogens with zero attached hydrogens (tertiary/aromatic N) is 4. The van der Waals surface area contributed by atoms with Crippen molar-refractivity contribution in [3.63, 3.8) is 0 Å². The zero-order chi connectivity index (χ0) is 15.4. The molecule has 0 aliphatic carbocycles. The molecule has 1 aliphatic heterocycles. The van der Waals surface area contributed by atoms with Crippen molar-refractivity contribution in [2.45, 2.75) is 52.7 Å². The molecule has 2 rings (SSSR count). The topological polar surface area (TPSA) is 44.3 Å². The van der Waals surface area contributed by atoms with E-state index in [1.807, 2.05) is 13.0 Å². The molecule has 21 heavy (non-hydrogen) atoms. The van der Waals surface area contributed by atoms with Crippen LogP contribution in [0.2, 0.25) is 0 Å². The molecule has 2 atom stereocenters. The lowest BCUT2D eigenvalue weighted by atomic mass is 10.1. The van der Waals surface area contributed by atoms with E-state index in [0.29, 0.717) is 12.1 Å². The summed E-state index contributed by atoms with van der Waals surface area (Å²) in [6, 6.07) is 3.18. The molecule has 2 unspecified atom stereocenters. The number of piperazine rings is 1. The van der Waals surface area contributed by atoms with Crippen LogP contribution in [0.4, 0.5) is 5.82 Å². The van der Waals surface area contributed by atoms with Crippen molar-refractivity contribution in [1.29, 1.82) is 0 Å². The third kappa shape index (κ3) is 4.38. The Hall–Kier alpha value is -1.20. The minimum atomic E-state index is 0.580. The van der Waals surface area contributed by atoms with E-state index in [1.165, 1.54) is 0 Å². The first-order chi connectivity index (χ1) is 9.99. The molecule has 0 radical (unpaired) electrons. The number of aryl methyl sites for hydroxylation is 1. The van der Waals surface area contributed by atoms with E-state index in [2.05, 4.69) is 52.9 Å². The molecule has 1 N–H and O–H groups in total. The summed E-state index contributed by atoms with van der Waals surface area (Å²) < 4.78 is 0. The maximum absolute atomic E-state index is 4.66. The largest absolute Gasteiger partial charge is 0.370 e. The first-order valence-corrected chi connectivity index (χ1v) is 8.02. The predicted molar refractivity (Wildman–Crippen MR) is 87.5 cm³/mol. The highest BCUT2D eigenvalue weighted by Gasteiger charge is 2.26. The number of hydrogen-bond acceptors (Lipinski definition) is 5. The number of nitrogens with one attached hydrogen (secondary N) is 1. The molecule has 1 saturated heterocycles. The quantitative estimate of drug-likeness (QED) is 0.900. The van der Waals surface area contributed by atoms with Crippen LogP contribution in [-0.2, 0) is 6.54 Å². The van der Waals surface area contributed by atoms with Gasteiger partial charge in [-0.15, -0.1) is 0 Å². The Morgan fingerprint density at radius 1 is 1.24 bits per heavy atom. The maximum atomic E-state index is 4.66. The second-order valence-electron chi connectivity index (χ2n) is 6.30. The van der Waals surface area contributed by atoms with Gasteiger partial charge in [0.25, 0.3) is 0 Å². The predicted octanol–water partition coefficient (Wildman–Crippen LogP) is 2.13. The number of hydrogen-bond donors (Lipinski definition) is 1. The van der Waals surface area contributed by atoms with E-state index in [0.717, 1.165) is 49.9 Å². The van der Waals surface area contributed by atoms with Gasteiger partial charge in [0.1, 0.15) is 11.6 Å². The van der Waals surface area contributed by atoms with Gasteiger partial charge in [0.05, 0.1) is 6.54 Å². The van der Waals surface area contributed by atoms with Crippen LogP contribution in [0.25, 0.3) is 0 Å². The van der Waals surface area contributed by atoms with Crippen LogP contribution in [-0.4, -0.2) is 58.5 Å². The lowest BCUT2D eigenvalue weighted by Gasteiger charge is -2.42. The highest BCUT2D eigenvalue weighted by Crippen LogP contribution is 2.16. The molecule has 1 aromatic heterocycles. The fourth-order valence-electron chi connectivity index (χ4n) is 2.89. The summed E-state index contributed by atoms with van der Waals surface area (Å²) in [6.07, 6.45) is 1.10. The smallest absolute Gasteiger partial charge is 0.144 e. The van der Waals surface area contributed by atoms with Crippen LogP contribution >= 0.6 is 0 Å². The van der Waals surface area contributed by atoms with Gasteiger partial charge in [-0.05, 0) is 34.2 Å². The lowest BCUT2D eigenvalue weighted by Crippen LogP contribution is -2.54. The Morgan fingerprint density at radius 3 is 2.52 bits per heavy atom. The van der Waals surface area contributed by atoms with Gasteiger partial charge in [0, 0.05) is 43.5 Å². The van der Waals surface area contributed by atoms with E-state index < -0.39 is 0 Å². The summed E-state index contributed by atoms with van der Waals surface area (Å²) in [6.45, 7) is 12.7. The third-order valence-electron chi connectivity index (χ3n) is 4.26. The summed E-state index contributed by atoms with van der Waals surface area (Å²) in [5.74, 6) is 1.88. The molecule has 118 valence electrons. The van der Waals surface area contributed by atoms with Gasteiger partial charge in [0.15, 0.2) is 0 Å². The summed E-state index contributed by atoms with van der Waals surface area (Å²) in [5.41, 5.74) is 1.04.